The van der Waals surface area contributed by atoms with Crippen LogP contribution in [0.3, 0.4) is 0 Å². The number of carbonyl (C=O) groups is 2. The van der Waals surface area contributed by atoms with Gasteiger partial charge in [0.05, 0.1) is 0 Å². The molecule has 0 spiro atoms. The Morgan fingerprint density at radius 3 is 1.61 bits per heavy atom. The quantitative estimate of drug-likeness (QED) is 0.746. The molecule has 2 N–H and O–H groups in total. The lowest BCUT2D eigenvalue weighted by Crippen LogP contribution is -2.35. The Labute approximate surface area is 167 Å². The van der Waals surface area contributed by atoms with Crippen LogP contribution in [0.5, 0.6) is 0 Å². The second-order valence-electron chi connectivity index (χ2n) is 9.84. The number of rotatable bonds is 4. The van der Waals surface area contributed by atoms with Crippen LogP contribution in [0.1, 0.15) is 58.9 Å². The topological polar surface area (TPSA) is 74.6 Å². The van der Waals surface area contributed by atoms with Crippen molar-refractivity contribution in [1.29, 1.82) is 0 Å². The Kier molecular flexibility index (Phi) is 5.26. The van der Waals surface area contributed by atoms with Crippen molar-refractivity contribution in [2.75, 3.05) is 0 Å². The van der Waals surface area contributed by atoms with Crippen LogP contribution in [0.2, 0.25) is 0 Å². The minimum absolute atomic E-state index is 0.0557. The van der Waals surface area contributed by atoms with E-state index in [9.17, 15) is 19.8 Å². The molecule has 1 aromatic rings. The first kappa shape index (κ1) is 20.4. The normalized spacial score (nSPS) is 22.2. The van der Waals surface area contributed by atoms with E-state index in [1.54, 1.807) is 0 Å². The van der Waals surface area contributed by atoms with E-state index < -0.39 is 5.92 Å². The van der Waals surface area contributed by atoms with Crippen molar-refractivity contribution >= 4 is 11.6 Å². The Morgan fingerprint density at radius 2 is 1.21 bits per heavy atom. The first-order valence-corrected chi connectivity index (χ1v) is 9.93. The van der Waals surface area contributed by atoms with Gasteiger partial charge < -0.3 is 10.2 Å². The van der Waals surface area contributed by atoms with Gasteiger partial charge in [0.25, 0.3) is 0 Å². The number of hydrogen-bond donors (Lipinski definition) is 2. The van der Waals surface area contributed by atoms with E-state index >= 15 is 0 Å². The van der Waals surface area contributed by atoms with Crippen LogP contribution in [-0.2, 0) is 16.0 Å². The molecule has 0 bridgehead atoms. The maximum Gasteiger partial charge on any atom is 0.163 e. The van der Waals surface area contributed by atoms with E-state index in [1.807, 2.05) is 58.0 Å². The molecule has 3 rings (SSSR count). The van der Waals surface area contributed by atoms with E-state index in [0.29, 0.717) is 43.3 Å². The van der Waals surface area contributed by atoms with Gasteiger partial charge in [-0.1, -0.05) is 58.0 Å². The largest absolute Gasteiger partial charge is 0.512 e. The summed E-state index contributed by atoms with van der Waals surface area (Å²) in [6.45, 7) is 7.81. The number of ketones is 2. The molecule has 0 radical (unpaired) electrons. The second-order valence-corrected chi connectivity index (χ2v) is 9.84. The van der Waals surface area contributed by atoms with Crippen LogP contribution in [0, 0.1) is 16.7 Å². The molecule has 0 unspecified atom stereocenters. The average molecular weight is 383 g/mol. The molecule has 0 amide bonds. The van der Waals surface area contributed by atoms with Gasteiger partial charge >= 0.3 is 0 Å². The molecule has 0 saturated heterocycles. The monoisotopic (exact) mass is 382 g/mol. The third kappa shape index (κ3) is 4.21. The number of benzene rings is 1. The molecule has 0 aromatic heterocycles. The molecule has 0 atom stereocenters. The van der Waals surface area contributed by atoms with Gasteiger partial charge in [-0.2, -0.15) is 0 Å². The average Bonchev–Trinajstić information content (AvgIpc) is 2.51. The highest BCUT2D eigenvalue weighted by Crippen LogP contribution is 2.45. The molecule has 4 heteroatoms. The van der Waals surface area contributed by atoms with E-state index in [1.165, 1.54) is 0 Å². The number of aliphatic hydroxyl groups is 2. The first-order chi connectivity index (χ1) is 13.0. The van der Waals surface area contributed by atoms with Crippen molar-refractivity contribution in [3.8, 4) is 0 Å². The molecular formula is C24H30O4. The van der Waals surface area contributed by atoms with Gasteiger partial charge in [-0.25, -0.2) is 0 Å². The SMILES string of the molecule is CC1(C)CC(=O)C(C(Cc2ccccc2)C2=C(O)CC(C)(C)CC2=O)=C(O)C1. The van der Waals surface area contributed by atoms with Crippen LogP contribution in [0.15, 0.2) is 53.0 Å². The summed E-state index contributed by atoms with van der Waals surface area (Å²) < 4.78 is 0. The number of Topliss-reactive ketones (excluding diaryl/α,β-unsaturated/α-hetero) is 2. The minimum atomic E-state index is -0.616. The van der Waals surface area contributed by atoms with Crippen molar-refractivity contribution in [2.24, 2.45) is 16.7 Å². The molecule has 150 valence electrons. The van der Waals surface area contributed by atoms with E-state index in [2.05, 4.69) is 0 Å². The minimum Gasteiger partial charge on any atom is -0.512 e. The predicted octanol–water partition coefficient (Wildman–Crippen LogP) is 5.25. The molecule has 0 saturated carbocycles. The van der Waals surface area contributed by atoms with Gasteiger partial charge in [0.1, 0.15) is 11.5 Å². The highest BCUT2D eigenvalue weighted by molar-refractivity contribution is 6.03. The van der Waals surface area contributed by atoms with Crippen molar-refractivity contribution in [3.05, 3.63) is 58.6 Å². The zero-order chi connectivity index (χ0) is 20.7. The third-order valence-electron chi connectivity index (χ3n) is 5.77. The molecule has 0 aliphatic heterocycles. The van der Waals surface area contributed by atoms with Gasteiger partial charge in [0.2, 0.25) is 0 Å². The van der Waals surface area contributed by atoms with Gasteiger partial charge in [-0.15, -0.1) is 0 Å². The molecule has 4 nitrogen and oxygen atoms in total. The molecule has 2 aliphatic carbocycles. The lowest BCUT2D eigenvalue weighted by atomic mass is 9.67. The predicted molar refractivity (Wildman–Crippen MR) is 109 cm³/mol. The summed E-state index contributed by atoms with van der Waals surface area (Å²) in [4.78, 5) is 26.0. The maximum absolute atomic E-state index is 13.0. The fourth-order valence-corrected chi connectivity index (χ4v) is 4.59. The number of aliphatic hydroxyl groups excluding tert-OH is 2. The molecule has 0 heterocycles. The summed E-state index contributed by atoms with van der Waals surface area (Å²) in [5.74, 6) is -0.768. The van der Waals surface area contributed by atoms with Crippen molar-refractivity contribution < 1.29 is 19.8 Å². The number of hydrogen-bond acceptors (Lipinski definition) is 4. The molecule has 28 heavy (non-hydrogen) atoms. The van der Waals surface area contributed by atoms with Gasteiger partial charge in [-0.05, 0) is 22.8 Å². The van der Waals surface area contributed by atoms with Gasteiger partial charge in [0.15, 0.2) is 11.6 Å². The summed E-state index contributed by atoms with van der Waals surface area (Å²) >= 11 is 0. The lowest BCUT2D eigenvalue weighted by molar-refractivity contribution is -0.119. The molecule has 0 fully saturated rings. The highest BCUT2D eigenvalue weighted by atomic mass is 16.3. The summed E-state index contributed by atoms with van der Waals surface area (Å²) in [7, 11) is 0. The first-order valence-electron chi connectivity index (χ1n) is 9.93. The van der Waals surface area contributed by atoms with E-state index in [-0.39, 0.29) is 33.9 Å². The van der Waals surface area contributed by atoms with Crippen LogP contribution >= 0.6 is 0 Å². The molecule has 2 aliphatic rings. The summed E-state index contributed by atoms with van der Waals surface area (Å²) in [6.07, 6.45) is 1.84. The van der Waals surface area contributed by atoms with Crippen LogP contribution in [-0.4, -0.2) is 21.8 Å². The fraction of sp³-hybridized carbons (Fsp3) is 0.500. The Bertz CT molecular complexity index is 804. The Morgan fingerprint density at radius 1 is 0.786 bits per heavy atom. The summed E-state index contributed by atoms with van der Waals surface area (Å²) in [6, 6.07) is 9.61. The number of carbonyl (C=O) groups excluding carboxylic acids is 2. The zero-order valence-corrected chi connectivity index (χ0v) is 17.2. The van der Waals surface area contributed by atoms with Gasteiger partial charge in [0, 0.05) is 42.7 Å². The molecule has 1 aromatic carbocycles. The van der Waals surface area contributed by atoms with Crippen molar-refractivity contribution in [1.82, 2.24) is 0 Å². The highest BCUT2D eigenvalue weighted by Gasteiger charge is 2.42. The Balaban J connectivity index is 2.11. The standard InChI is InChI=1S/C24H30O4/c1-23(2)11-17(25)21(18(26)12-23)16(10-15-8-6-5-7-9-15)22-19(27)13-24(3,4)14-20(22)28/h5-9,16,25,27H,10-14H2,1-4H3. The maximum atomic E-state index is 13.0. The summed E-state index contributed by atoms with van der Waals surface area (Å²) in [5.41, 5.74) is 0.951. The van der Waals surface area contributed by atoms with E-state index in [0.717, 1.165) is 5.56 Å². The second kappa shape index (κ2) is 7.23. The van der Waals surface area contributed by atoms with Crippen LogP contribution < -0.4 is 0 Å². The van der Waals surface area contributed by atoms with Crippen LogP contribution in [0.25, 0.3) is 0 Å². The Hall–Kier alpha value is -2.36. The van der Waals surface area contributed by atoms with Crippen molar-refractivity contribution in [2.45, 2.75) is 59.8 Å². The number of allylic oxidation sites excluding steroid dienone is 4. The zero-order valence-electron chi connectivity index (χ0n) is 17.2. The smallest absolute Gasteiger partial charge is 0.163 e. The van der Waals surface area contributed by atoms with Crippen LogP contribution in [0.4, 0.5) is 0 Å². The summed E-state index contributed by atoms with van der Waals surface area (Å²) in [5, 5.41) is 21.5. The lowest BCUT2D eigenvalue weighted by Gasteiger charge is -2.36. The van der Waals surface area contributed by atoms with E-state index in [4.69, 9.17) is 0 Å². The fourth-order valence-electron chi connectivity index (χ4n) is 4.59. The van der Waals surface area contributed by atoms with Crippen molar-refractivity contribution in [3.63, 3.8) is 0 Å². The van der Waals surface area contributed by atoms with Gasteiger partial charge in [-0.3, -0.25) is 9.59 Å². The molecular weight excluding hydrogens is 352 g/mol. The third-order valence-corrected chi connectivity index (χ3v) is 5.77.